The third kappa shape index (κ3) is 4.95. The highest BCUT2D eigenvalue weighted by molar-refractivity contribution is 6.71. The van der Waals surface area contributed by atoms with Crippen molar-refractivity contribution in [1.82, 2.24) is 0 Å². The molecule has 0 spiro atoms. The van der Waals surface area contributed by atoms with Crippen molar-refractivity contribution in [2.24, 2.45) is 0 Å². The van der Waals surface area contributed by atoms with Crippen LogP contribution in [0.2, 0.25) is 13.1 Å². The van der Waals surface area contributed by atoms with Crippen LogP contribution in [0.1, 0.15) is 16.7 Å². The normalized spacial score (nSPS) is 11.6. The minimum absolute atomic E-state index is 0.00345. The Hall–Kier alpha value is -3.18. The highest BCUT2D eigenvalue weighted by Crippen LogP contribution is 2.32. The lowest BCUT2D eigenvalue weighted by Crippen LogP contribution is -2.37. The molecule has 3 aromatic carbocycles. The quantitative estimate of drug-likeness (QED) is 0.391. The van der Waals surface area contributed by atoms with Crippen LogP contribution in [-0.4, -0.2) is 23.6 Å². The minimum atomic E-state index is -2.11. The van der Waals surface area contributed by atoms with Crippen molar-refractivity contribution in [1.29, 1.82) is 0 Å². The monoisotopic (exact) mass is 392 g/mol. The molecule has 0 aliphatic carbocycles. The zero-order chi connectivity index (χ0) is 20.1. The van der Waals surface area contributed by atoms with E-state index in [1.807, 2.05) is 18.2 Å². The average molecular weight is 393 g/mol. The number of benzene rings is 3. The lowest BCUT2D eigenvalue weighted by molar-refractivity contribution is 0.448. The van der Waals surface area contributed by atoms with Gasteiger partial charge in [-0.1, -0.05) is 42.5 Å². The number of aromatic hydroxyl groups is 3. The number of hydrogen-bond donors (Lipinski definition) is 3. The van der Waals surface area contributed by atoms with Gasteiger partial charge in [-0.2, -0.15) is 0 Å². The second kappa shape index (κ2) is 8.23. The third-order valence-corrected chi connectivity index (χ3v) is 6.38. The topological polar surface area (TPSA) is 69.9 Å². The predicted octanol–water partition coefficient (Wildman–Crippen LogP) is 5.34. The van der Waals surface area contributed by atoms with E-state index < -0.39 is 8.32 Å². The molecule has 0 aliphatic heterocycles. The number of phenolic OH excluding ortho intramolecular Hbond substituents is 3. The third-order valence-electron chi connectivity index (χ3n) is 4.35. The van der Waals surface area contributed by atoms with Crippen LogP contribution in [0, 0.1) is 0 Å². The van der Waals surface area contributed by atoms with Crippen LogP contribution in [0.15, 0.2) is 66.7 Å². The van der Waals surface area contributed by atoms with E-state index in [9.17, 15) is 15.3 Å². The first-order valence-corrected chi connectivity index (χ1v) is 12.2. The van der Waals surface area contributed by atoms with Crippen molar-refractivity contribution < 1.29 is 19.7 Å². The predicted molar refractivity (Wildman–Crippen MR) is 115 cm³/mol. The van der Waals surface area contributed by atoms with Crippen LogP contribution in [0.5, 0.6) is 23.0 Å². The zero-order valence-corrected chi connectivity index (χ0v) is 17.0. The molecule has 0 saturated heterocycles. The molecule has 3 rings (SSSR count). The van der Waals surface area contributed by atoms with Crippen molar-refractivity contribution in [2.45, 2.75) is 19.1 Å². The van der Waals surface area contributed by atoms with Crippen molar-refractivity contribution in [2.75, 3.05) is 0 Å². The van der Waals surface area contributed by atoms with Crippen molar-refractivity contribution >= 4 is 20.5 Å². The summed E-state index contributed by atoms with van der Waals surface area (Å²) in [7, 11) is -2.11. The summed E-state index contributed by atoms with van der Waals surface area (Å²) < 4.78 is 6.37. The van der Waals surface area contributed by atoms with Crippen LogP contribution >= 0.6 is 0 Å². The van der Waals surface area contributed by atoms with Gasteiger partial charge in [-0.25, -0.2) is 0 Å². The van der Waals surface area contributed by atoms with E-state index >= 15 is 0 Å². The molecule has 0 fully saturated rings. The fourth-order valence-corrected chi connectivity index (χ4v) is 5.12. The summed E-state index contributed by atoms with van der Waals surface area (Å²) in [6.45, 7) is 4.26. The Kier molecular flexibility index (Phi) is 5.75. The fraction of sp³-hybridized carbons (Fsp3) is 0.130. The molecule has 3 aromatic rings. The van der Waals surface area contributed by atoms with Gasteiger partial charge in [-0.15, -0.1) is 0 Å². The molecular weight excluding hydrogens is 368 g/mol. The maximum Gasteiger partial charge on any atom is 0.249 e. The average Bonchev–Trinajstić information content (AvgIpc) is 2.63. The smallest absolute Gasteiger partial charge is 0.249 e. The Morgan fingerprint density at radius 2 is 1.50 bits per heavy atom. The molecular formula is C23H24O4Si. The van der Waals surface area contributed by atoms with Crippen LogP contribution in [0.25, 0.3) is 12.2 Å². The molecule has 0 aliphatic rings. The molecule has 0 unspecified atom stereocenters. The molecule has 0 amide bonds. The summed E-state index contributed by atoms with van der Waals surface area (Å²) in [6, 6.07) is 20.6. The summed E-state index contributed by atoms with van der Waals surface area (Å²) in [4.78, 5) is 0. The second-order valence-electron chi connectivity index (χ2n) is 7.29. The standard InChI is InChI=1S/C23H24O4Si/c1-28(2,16-17-7-4-3-5-8-17)27-23-15-19(24)13-11-18(23)12-14-20-21(25)9-6-10-22(20)26/h3-15,24-26H,16H2,1-2H3. The van der Waals surface area contributed by atoms with Crippen LogP contribution in [-0.2, 0) is 6.04 Å². The first kappa shape index (κ1) is 19.6. The summed E-state index contributed by atoms with van der Waals surface area (Å²) in [6.07, 6.45) is 3.40. The molecule has 0 radical (unpaired) electrons. The van der Waals surface area contributed by atoms with Gasteiger partial charge in [0.05, 0.1) is 5.56 Å². The largest absolute Gasteiger partial charge is 0.543 e. The van der Waals surface area contributed by atoms with Crippen molar-refractivity contribution in [3.8, 4) is 23.0 Å². The van der Waals surface area contributed by atoms with Gasteiger partial charge >= 0.3 is 0 Å². The van der Waals surface area contributed by atoms with E-state index in [2.05, 4.69) is 25.2 Å². The van der Waals surface area contributed by atoms with Gasteiger partial charge in [-0.05, 0) is 49.0 Å². The second-order valence-corrected chi connectivity index (χ2v) is 11.4. The lowest BCUT2D eigenvalue weighted by atomic mass is 10.1. The van der Waals surface area contributed by atoms with E-state index in [0.29, 0.717) is 11.3 Å². The molecule has 3 N–H and O–H groups in total. The van der Waals surface area contributed by atoms with Crippen LogP contribution in [0.4, 0.5) is 0 Å². The first-order valence-electron chi connectivity index (χ1n) is 9.09. The Morgan fingerprint density at radius 1 is 0.821 bits per heavy atom. The lowest BCUT2D eigenvalue weighted by Gasteiger charge is -2.25. The molecule has 0 bridgehead atoms. The summed E-state index contributed by atoms with van der Waals surface area (Å²) in [5.74, 6) is 0.702. The summed E-state index contributed by atoms with van der Waals surface area (Å²) in [5.41, 5.74) is 2.31. The minimum Gasteiger partial charge on any atom is -0.543 e. The van der Waals surface area contributed by atoms with Gasteiger partial charge in [-0.3, -0.25) is 0 Å². The Bertz CT molecular complexity index is 961. The van der Waals surface area contributed by atoms with Crippen LogP contribution < -0.4 is 4.43 Å². The summed E-state index contributed by atoms with van der Waals surface area (Å²) >= 11 is 0. The molecule has 4 nitrogen and oxygen atoms in total. The molecule has 5 heteroatoms. The van der Waals surface area contributed by atoms with Crippen LogP contribution in [0.3, 0.4) is 0 Å². The first-order chi connectivity index (χ1) is 13.3. The Labute approximate surface area is 166 Å². The van der Waals surface area contributed by atoms with Gasteiger partial charge in [0.25, 0.3) is 0 Å². The van der Waals surface area contributed by atoms with Gasteiger partial charge in [0.2, 0.25) is 8.32 Å². The van der Waals surface area contributed by atoms with Crippen molar-refractivity contribution in [3.63, 3.8) is 0 Å². The fourth-order valence-electron chi connectivity index (χ4n) is 3.06. The van der Waals surface area contributed by atoms with Gasteiger partial charge in [0.15, 0.2) is 0 Å². The van der Waals surface area contributed by atoms with E-state index in [1.165, 1.54) is 17.7 Å². The Balaban J connectivity index is 1.87. The molecule has 0 saturated carbocycles. The molecule has 144 valence electrons. The maximum atomic E-state index is 9.96. The molecule has 0 heterocycles. The number of hydrogen-bond acceptors (Lipinski definition) is 4. The highest BCUT2D eigenvalue weighted by Gasteiger charge is 2.26. The Morgan fingerprint density at radius 3 is 2.18 bits per heavy atom. The highest BCUT2D eigenvalue weighted by atomic mass is 28.4. The molecule has 28 heavy (non-hydrogen) atoms. The van der Waals surface area contributed by atoms with Crippen molar-refractivity contribution in [3.05, 3.63) is 83.4 Å². The van der Waals surface area contributed by atoms with Gasteiger partial charge in [0.1, 0.15) is 23.0 Å². The van der Waals surface area contributed by atoms with E-state index in [-0.39, 0.29) is 17.2 Å². The number of rotatable bonds is 6. The molecule has 0 aromatic heterocycles. The molecule has 0 atom stereocenters. The van der Waals surface area contributed by atoms with Gasteiger partial charge < -0.3 is 19.7 Å². The number of phenols is 3. The van der Waals surface area contributed by atoms with Gasteiger partial charge in [0, 0.05) is 17.7 Å². The maximum absolute atomic E-state index is 9.96. The SMILES string of the molecule is C[Si](C)(Cc1ccccc1)Oc1cc(O)ccc1C=Cc1c(O)cccc1O. The van der Waals surface area contributed by atoms with E-state index in [4.69, 9.17) is 4.43 Å². The van der Waals surface area contributed by atoms with E-state index in [0.717, 1.165) is 11.6 Å². The zero-order valence-electron chi connectivity index (χ0n) is 16.0. The van der Waals surface area contributed by atoms with E-state index in [1.54, 1.807) is 36.4 Å². The summed E-state index contributed by atoms with van der Waals surface area (Å²) in [5, 5.41) is 29.8.